The monoisotopic (exact) mass is 380 g/mol. The third-order valence-corrected chi connectivity index (χ3v) is 4.47. The van der Waals surface area contributed by atoms with Crippen molar-refractivity contribution in [3.63, 3.8) is 0 Å². The first-order valence-electron chi connectivity index (χ1n) is 9.83. The Bertz CT molecular complexity index is 934. The summed E-state index contributed by atoms with van der Waals surface area (Å²) >= 11 is 6.16. The molecule has 0 saturated carbocycles. The molecule has 0 aliphatic rings. The lowest BCUT2D eigenvalue weighted by Crippen LogP contribution is -2.01. The van der Waals surface area contributed by atoms with Gasteiger partial charge in [0.05, 0.1) is 9.30 Å². The second-order valence-electron chi connectivity index (χ2n) is 6.00. The number of aliphatic hydroxyl groups is 1. The van der Waals surface area contributed by atoms with Crippen LogP contribution >= 0.6 is 11.6 Å². The first-order chi connectivity index (χ1) is 14.0. The highest BCUT2D eigenvalue weighted by Crippen LogP contribution is 2.35. The summed E-state index contributed by atoms with van der Waals surface area (Å²) in [6.07, 6.45) is 0.721. The average molecular weight is 381 g/mol. The molecule has 0 saturated heterocycles. The number of benzene rings is 3. The number of hydrogen-bond acceptors (Lipinski definition) is 2. The Hall–Kier alpha value is -2.55. The van der Waals surface area contributed by atoms with Gasteiger partial charge in [-0.15, -0.1) is 11.6 Å². The van der Waals surface area contributed by atoms with Crippen LogP contribution in [-0.2, 0) is 0 Å². The molecule has 2 nitrogen and oxygen atoms in total. The first kappa shape index (κ1) is 16.6. The zero-order valence-electron chi connectivity index (χ0n) is 16.9. The molecule has 3 heteroatoms. The molecule has 0 bridgehead atoms. The maximum Gasteiger partial charge on any atom is 0.119 e. The van der Waals surface area contributed by atoms with Crippen molar-refractivity contribution in [1.29, 1.82) is 0 Å². The lowest BCUT2D eigenvalue weighted by Gasteiger charge is -2.17. The number of halogens is 1. The van der Waals surface area contributed by atoms with Crippen molar-refractivity contribution in [2.75, 3.05) is 19.0 Å². The summed E-state index contributed by atoms with van der Waals surface area (Å²) in [6, 6.07) is 27.9. The predicted octanol–water partition coefficient (Wildman–Crippen LogP) is 5.65. The minimum Gasteiger partial charge on any atom is -0.491 e. The Morgan fingerprint density at radius 3 is 1.93 bits per heavy atom. The Kier molecular flexibility index (Phi) is 6.13. The molecule has 0 aliphatic carbocycles. The summed E-state index contributed by atoms with van der Waals surface area (Å²) in [5.41, 5.74) is 5.49. The molecular formula is C24H23ClO2. The lowest BCUT2D eigenvalue weighted by atomic mass is 9.88. The van der Waals surface area contributed by atoms with Crippen LogP contribution < -0.4 is 4.74 Å². The van der Waals surface area contributed by atoms with E-state index >= 15 is 0 Å². The van der Waals surface area contributed by atoms with Crippen LogP contribution in [0.25, 0.3) is 11.1 Å². The van der Waals surface area contributed by atoms with Gasteiger partial charge in [-0.05, 0) is 46.4 Å². The summed E-state index contributed by atoms with van der Waals surface area (Å²) in [5.74, 6) is 1.01. The fraction of sp³-hybridized carbons (Fsp3) is 0.167. The number of hydrogen-bond donors (Lipinski definition) is 1. The van der Waals surface area contributed by atoms with E-state index in [1.54, 1.807) is 12.1 Å². The van der Waals surface area contributed by atoms with Crippen LogP contribution in [0.15, 0.2) is 84.9 Å². The molecule has 0 spiro atoms. The molecule has 0 atom stereocenters. The average Bonchev–Trinajstić information content (AvgIpc) is 2.74. The predicted molar refractivity (Wildman–Crippen MR) is 113 cm³/mol. The Labute approximate surface area is 168 Å². The molecule has 138 valence electrons. The maximum absolute atomic E-state index is 9.22. The van der Waals surface area contributed by atoms with Crippen LogP contribution in [0, 0.1) is 0 Å². The van der Waals surface area contributed by atoms with Gasteiger partial charge in [-0.1, -0.05) is 72.8 Å². The SMILES string of the molecule is [2H]C([2H])(O)COc1ccc(/C(=C(/CCCl)c2ccccc2)c2ccccc2)cc1. The molecule has 3 aromatic carbocycles. The van der Waals surface area contributed by atoms with Gasteiger partial charge >= 0.3 is 0 Å². The second-order valence-corrected chi connectivity index (χ2v) is 6.37. The van der Waals surface area contributed by atoms with Crippen molar-refractivity contribution in [3.8, 4) is 5.75 Å². The minimum absolute atomic E-state index is 0.421. The first-order valence-corrected chi connectivity index (χ1v) is 9.37. The van der Waals surface area contributed by atoms with Crippen LogP contribution in [0.4, 0.5) is 0 Å². The van der Waals surface area contributed by atoms with Gasteiger partial charge in [0.25, 0.3) is 0 Å². The molecule has 0 aliphatic heterocycles. The summed E-state index contributed by atoms with van der Waals surface area (Å²) in [5, 5.41) is 9.22. The summed E-state index contributed by atoms with van der Waals surface area (Å²) in [4.78, 5) is 0. The molecule has 0 fully saturated rings. The van der Waals surface area contributed by atoms with Crippen molar-refractivity contribution >= 4 is 22.7 Å². The minimum atomic E-state index is -2.37. The lowest BCUT2D eigenvalue weighted by molar-refractivity contribution is 0.201. The van der Waals surface area contributed by atoms with E-state index in [-0.39, 0.29) is 0 Å². The van der Waals surface area contributed by atoms with Crippen LogP contribution in [0.3, 0.4) is 0 Å². The topological polar surface area (TPSA) is 29.5 Å². The molecule has 0 amide bonds. The van der Waals surface area contributed by atoms with Gasteiger partial charge in [-0.25, -0.2) is 0 Å². The second kappa shape index (κ2) is 9.96. The molecular weight excluding hydrogens is 356 g/mol. The quantitative estimate of drug-likeness (QED) is 0.404. The van der Waals surface area contributed by atoms with Gasteiger partial charge in [-0.3, -0.25) is 0 Å². The van der Waals surface area contributed by atoms with Crippen molar-refractivity contribution in [1.82, 2.24) is 0 Å². The van der Waals surface area contributed by atoms with Crippen molar-refractivity contribution < 1.29 is 12.6 Å². The molecule has 3 rings (SSSR count). The van der Waals surface area contributed by atoms with Crippen LogP contribution in [0.1, 0.15) is 25.9 Å². The Morgan fingerprint density at radius 2 is 1.37 bits per heavy atom. The summed E-state index contributed by atoms with van der Waals surface area (Å²) < 4.78 is 19.7. The van der Waals surface area contributed by atoms with E-state index in [1.165, 1.54) is 0 Å². The van der Waals surface area contributed by atoms with Crippen LogP contribution in [0.5, 0.6) is 5.75 Å². The highest BCUT2D eigenvalue weighted by atomic mass is 35.5. The van der Waals surface area contributed by atoms with E-state index in [0.29, 0.717) is 11.6 Å². The van der Waals surface area contributed by atoms with Gasteiger partial charge in [0, 0.05) is 5.88 Å². The fourth-order valence-electron chi connectivity index (χ4n) is 3.10. The van der Waals surface area contributed by atoms with Crippen molar-refractivity contribution in [2.45, 2.75) is 6.42 Å². The maximum atomic E-state index is 9.22. The molecule has 0 radical (unpaired) electrons. The highest BCUT2D eigenvalue weighted by molar-refractivity contribution is 6.18. The molecule has 0 aromatic heterocycles. The van der Waals surface area contributed by atoms with E-state index < -0.39 is 13.2 Å². The summed E-state index contributed by atoms with van der Waals surface area (Å²) in [6.45, 7) is -2.79. The van der Waals surface area contributed by atoms with Gasteiger partial charge in [0.1, 0.15) is 12.4 Å². The smallest absolute Gasteiger partial charge is 0.119 e. The van der Waals surface area contributed by atoms with E-state index in [9.17, 15) is 5.11 Å². The van der Waals surface area contributed by atoms with E-state index in [2.05, 4.69) is 24.3 Å². The zero-order chi connectivity index (χ0) is 20.7. The Balaban J connectivity index is 2.07. The number of rotatable bonds is 8. The van der Waals surface area contributed by atoms with Crippen molar-refractivity contribution in [3.05, 3.63) is 102 Å². The largest absolute Gasteiger partial charge is 0.491 e. The zero-order valence-corrected chi connectivity index (χ0v) is 15.7. The third-order valence-electron chi connectivity index (χ3n) is 4.28. The molecule has 0 heterocycles. The normalized spacial score (nSPS) is 13.4. The van der Waals surface area contributed by atoms with Crippen LogP contribution in [0.2, 0.25) is 0 Å². The van der Waals surface area contributed by atoms with E-state index in [0.717, 1.165) is 34.3 Å². The van der Waals surface area contributed by atoms with E-state index in [1.807, 2.05) is 48.5 Å². The summed E-state index contributed by atoms with van der Waals surface area (Å²) in [7, 11) is 0. The van der Waals surface area contributed by atoms with Gasteiger partial charge in [0.15, 0.2) is 0 Å². The number of alkyl halides is 1. The van der Waals surface area contributed by atoms with Gasteiger partial charge in [0.2, 0.25) is 0 Å². The van der Waals surface area contributed by atoms with Gasteiger partial charge in [-0.2, -0.15) is 0 Å². The molecule has 27 heavy (non-hydrogen) atoms. The molecule has 1 N–H and O–H groups in total. The van der Waals surface area contributed by atoms with E-state index in [4.69, 9.17) is 19.1 Å². The standard InChI is InChI=1S/C24H23ClO2/c25-16-15-23(19-7-3-1-4-8-19)24(20-9-5-2-6-10-20)21-11-13-22(14-12-21)27-18-17-26/h1-14,26H,15-18H2/b24-23-/i17D2. The molecule has 0 unspecified atom stereocenters. The number of allylic oxidation sites excluding steroid dienone is 1. The van der Waals surface area contributed by atoms with Crippen LogP contribution in [-0.4, -0.2) is 24.2 Å². The number of ether oxygens (including phenoxy) is 1. The Morgan fingerprint density at radius 1 is 0.815 bits per heavy atom. The third kappa shape index (κ3) is 5.00. The van der Waals surface area contributed by atoms with Gasteiger partial charge < -0.3 is 9.84 Å². The highest BCUT2D eigenvalue weighted by Gasteiger charge is 2.14. The van der Waals surface area contributed by atoms with Crippen molar-refractivity contribution in [2.24, 2.45) is 0 Å². The fourth-order valence-corrected chi connectivity index (χ4v) is 3.29. The molecule has 3 aromatic rings.